The molecule has 1 amide bonds. The van der Waals surface area contributed by atoms with Gasteiger partial charge in [0.25, 0.3) is 0 Å². The van der Waals surface area contributed by atoms with Crippen LogP contribution in [0.2, 0.25) is 0 Å². The molecule has 0 aliphatic carbocycles. The number of amides is 1. The molecule has 2 aliphatic heterocycles. The van der Waals surface area contributed by atoms with E-state index >= 15 is 0 Å². The maximum atomic E-state index is 12.6. The van der Waals surface area contributed by atoms with Crippen LogP contribution in [0.4, 0.5) is 0 Å². The number of aromatic nitrogens is 3. The summed E-state index contributed by atoms with van der Waals surface area (Å²) in [5.74, 6) is 0.876. The lowest BCUT2D eigenvalue weighted by Gasteiger charge is -2.41. The van der Waals surface area contributed by atoms with E-state index in [1.807, 2.05) is 4.90 Å². The van der Waals surface area contributed by atoms with Crippen LogP contribution in [0.1, 0.15) is 25.1 Å². The smallest absolute Gasteiger partial charge is 0.236 e. The molecule has 0 bridgehead atoms. The second-order valence-corrected chi connectivity index (χ2v) is 4.67. The molecule has 0 unspecified atom stereocenters. The standard InChI is InChI=1S/C11H16N4O2/c16-10(15-4-1-5-15)11(2-6-17-7-3-11)9-12-8-13-14-9/h8H,1-7H2,(H,12,13,14). The zero-order valence-corrected chi connectivity index (χ0v) is 9.69. The first-order chi connectivity index (χ1) is 8.33. The predicted octanol–water partition coefficient (Wildman–Crippen LogP) is 0.0852. The third-order valence-electron chi connectivity index (χ3n) is 3.77. The van der Waals surface area contributed by atoms with Gasteiger partial charge in [0.1, 0.15) is 17.6 Å². The summed E-state index contributed by atoms with van der Waals surface area (Å²) in [4.78, 5) is 18.7. The first-order valence-electron chi connectivity index (χ1n) is 6.06. The van der Waals surface area contributed by atoms with Crippen LogP contribution in [0.3, 0.4) is 0 Å². The van der Waals surface area contributed by atoms with E-state index in [4.69, 9.17) is 4.74 Å². The van der Waals surface area contributed by atoms with Crippen molar-refractivity contribution >= 4 is 5.91 Å². The van der Waals surface area contributed by atoms with Gasteiger partial charge in [-0.3, -0.25) is 9.89 Å². The van der Waals surface area contributed by atoms with Crippen LogP contribution in [0, 0.1) is 0 Å². The molecule has 0 saturated carbocycles. The number of likely N-dealkylation sites (tertiary alicyclic amines) is 1. The Morgan fingerprint density at radius 2 is 2.18 bits per heavy atom. The van der Waals surface area contributed by atoms with Gasteiger partial charge in [-0.05, 0) is 19.3 Å². The minimum Gasteiger partial charge on any atom is -0.381 e. The molecule has 1 N–H and O–H groups in total. The number of hydrogen-bond donors (Lipinski definition) is 1. The van der Waals surface area contributed by atoms with Crippen molar-refractivity contribution in [3.63, 3.8) is 0 Å². The number of nitrogens with one attached hydrogen (secondary N) is 1. The van der Waals surface area contributed by atoms with Crippen LogP contribution < -0.4 is 0 Å². The van der Waals surface area contributed by atoms with E-state index in [0.29, 0.717) is 31.9 Å². The highest BCUT2D eigenvalue weighted by molar-refractivity contribution is 5.88. The van der Waals surface area contributed by atoms with Crippen LogP contribution in [0.5, 0.6) is 0 Å². The van der Waals surface area contributed by atoms with Crippen molar-refractivity contribution in [2.75, 3.05) is 26.3 Å². The average Bonchev–Trinajstić information content (AvgIpc) is 2.81. The minimum atomic E-state index is -0.533. The monoisotopic (exact) mass is 236 g/mol. The molecule has 0 atom stereocenters. The number of H-pyrrole nitrogens is 1. The highest BCUT2D eigenvalue weighted by Crippen LogP contribution is 2.35. The molecule has 0 radical (unpaired) electrons. The Kier molecular flexibility index (Phi) is 2.58. The fourth-order valence-electron chi connectivity index (χ4n) is 2.53. The molecule has 92 valence electrons. The lowest BCUT2D eigenvalue weighted by atomic mass is 9.77. The number of aromatic amines is 1. The van der Waals surface area contributed by atoms with Crippen LogP contribution in [-0.2, 0) is 14.9 Å². The van der Waals surface area contributed by atoms with Crippen molar-refractivity contribution in [2.24, 2.45) is 0 Å². The van der Waals surface area contributed by atoms with Crippen molar-refractivity contribution in [3.8, 4) is 0 Å². The Morgan fingerprint density at radius 1 is 1.41 bits per heavy atom. The van der Waals surface area contributed by atoms with Gasteiger partial charge in [0.2, 0.25) is 5.91 Å². The molecule has 0 aromatic carbocycles. The van der Waals surface area contributed by atoms with Crippen LogP contribution in [-0.4, -0.2) is 52.3 Å². The Labute approximate surface area is 99.4 Å². The summed E-state index contributed by atoms with van der Waals surface area (Å²) in [6.45, 7) is 2.96. The van der Waals surface area contributed by atoms with Gasteiger partial charge < -0.3 is 9.64 Å². The van der Waals surface area contributed by atoms with Crippen molar-refractivity contribution in [2.45, 2.75) is 24.7 Å². The third-order valence-corrected chi connectivity index (χ3v) is 3.77. The van der Waals surface area contributed by atoms with Gasteiger partial charge >= 0.3 is 0 Å². The van der Waals surface area contributed by atoms with Crippen molar-refractivity contribution < 1.29 is 9.53 Å². The summed E-state index contributed by atoms with van der Waals surface area (Å²) in [5, 5.41) is 6.75. The fourth-order valence-corrected chi connectivity index (χ4v) is 2.53. The Balaban J connectivity index is 1.92. The molecule has 0 spiro atoms. The van der Waals surface area contributed by atoms with E-state index < -0.39 is 5.41 Å². The predicted molar refractivity (Wildman–Crippen MR) is 59.3 cm³/mol. The summed E-state index contributed by atoms with van der Waals surface area (Å²) in [5.41, 5.74) is -0.533. The van der Waals surface area contributed by atoms with Gasteiger partial charge in [0, 0.05) is 26.3 Å². The average molecular weight is 236 g/mol. The quantitative estimate of drug-likeness (QED) is 0.789. The Morgan fingerprint density at radius 3 is 2.71 bits per heavy atom. The maximum absolute atomic E-state index is 12.6. The fraction of sp³-hybridized carbons (Fsp3) is 0.727. The first kappa shape index (κ1) is 10.7. The molecule has 3 rings (SSSR count). The lowest BCUT2D eigenvalue weighted by Crippen LogP contribution is -2.54. The molecule has 2 aliphatic rings. The Bertz CT molecular complexity index is 394. The van der Waals surface area contributed by atoms with Crippen molar-refractivity contribution in [1.82, 2.24) is 20.1 Å². The normalized spacial score (nSPS) is 23.2. The zero-order valence-electron chi connectivity index (χ0n) is 9.69. The Hall–Kier alpha value is -1.43. The molecule has 1 aromatic heterocycles. The molecule has 2 fully saturated rings. The van der Waals surface area contributed by atoms with E-state index in [2.05, 4.69) is 15.2 Å². The van der Waals surface area contributed by atoms with Gasteiger partial charge in [-0.1, -0.05) is 0 Å². The molecule has 2 saturated heterocycles. The van der Waals surface area contributed by atoms with Crippen LogP contribution in [0.15, 0.2) is 6.33 Å². The second kappa shape index (κ2) is 4.10. The van der Waals surface area contributed by atoms with Gasteiger partial charge in [-0.15, -0.1) is 0 Å². The SMILES string of the molecule is O=C(N1CCC1)C1(c2ncn[nH]2)CCOCC1. The third kappa shape index (κ3) is 1.63. The second-order valence-electron chi connectivity index (χ2n) is 4.67. The van der Waals surface area contributed by atoms with E-state index in [1.165, 1.54) is 6.33 Å². The van der Waals surface area contributed by atoms with E-state index in [0.717, 1.165) is 19.5 Å². The summed E-state index contributed by atoms with van der Waals surface area (Å²) in [6, 6.07) is 0. The van der Waals surface area contributed by atoms with Gasteiger partial charge in [-0.25, -0.2) is 4.98 Å². The topological polar surface area (TPSA) is 71.1 Å². The maximum Gasteiger partial charge on any atom is 0.236 e. The summed E-state index contributed by atoms with van der Waals surface area (Å²) >= 11 is 0. The number of nitrogens with zero attached hydrogens (tertiary/aromatic N) is 3. The summed E-state index contributed by atoms with van der Waals surface area (Å²) in [7, 11) is 0. The molecule has 17 heavy (non-hydrogen) atoms. The lowest BCUT2D eigenvalue weighted by molar-refractivity contribution is -0.145. The number of rotatable bonds is 2. The summed E-state index contributed by atoms with van der Waals surface area (Å²) < 4.78 is 5.37. The number of carbonyl (C=O) groups excluding carboxylic acids is 1. The van der Waals surface area contributed by atoms with E-state index in [-0.39, 0.29) is 5.91 Å². The van der Waals surface area contributed by atoms with Gasteiger partial charge in [0.05, 0.1) is 0 Å². The molecular formula is C11H16N4O2. The molecule has 1 aromatic rings. The minimum absolute atomic E-state index is 0.184. The van der Waals surface area contributed by atoms with Gasteiger partial charge in [0.15, 0.2) is 0 Å². The molecule has 3 heterocycles. The highest BCUT2D eigenvalue weighted by atomic mass is 16.5. The van der Waals surface area contributed by atoms with Crippen LogP contribution in [0.25, 0.3) is 0 Å². The van der Waals surface area contributed by atoms with Crippen molar-refractivity contribution in [3.05, 3.63) is 12.2 Å². The molecule has 6 nitrogen and oxygen atoms in total. The first-order valence-corrected chi connectivity index (χ1v) is 6.06. The molecule has 6 heteroatoms. The van der Waals surface area contributed by atoms with Crippen LogP contribution >= 0.6 is 0 Å². The molecular weight excluding hydrogens is 220 g/mol. The van der Waals surface area contributed by atoms with E-state index in [9.17, 15) is 4.79 Å². The van der Waals surface area contributed by atoms with Crippen molar-refractivity contribution in [1.29, 1.82) is 0 Å². The number of ether oxygens (including phenoxy) is 1. The highest BCUT2D eigenvalue weighted by Gasteiger charge is 2.47. The number of hydrogen-bond acceptors (Lipinski definition) is 4. The van der Waals surface area contributed by atoms with E-state index in [1.54, 1.807) is 0 Å². The summed E-state index contributed by atoms with van der Waals surface area (Å²) in [6.07, 6.45) is 3.96. The van der Waals surface area contributed by atoms with Gasteiger partial charge in [-0.2, -0.15) is 5.10 Å². The largest absolute Gasteiger partial charge is 0.381 e. The number of carbonyl (C=O) groups is 1. The zero-order chi connectivity index (χ0) is 11.7.